The zero-order valence-electron chi connectivity index (χ0n) is 8.77. The number of hydrogen-bond acceptors (Lipinski definition) is 2. The maximum atomic E-state index is 12.5. The molecule has 0 heterocycles. The van der Waals surface area contributed by atoms with Crippen LogP contribution >= 0.6 is 0 Å². The van der Waals surface area contributed by atoms with Gasteiger partial charge in [-0.2, -0.15) is 21.6 Å². The van der Waals surface area contributed by atoms with Crippen LogP contribution < -0.4 is 21.2 Å². The van der Waals surface area contributed by atoms with Crippen LogP contribution in [0.4, 0.5) is 22.0 Å². The summed E-state index contributed by atoms with van der Waals surface area (Å²) in [6.45, 7) is 0. The third-order valence-corrected chi connectivity index (χ3v) is 3.91. The largest absolute Gasteiger partial charge is 0.543 e. The minimum absolute atomic E-state index is 0.0774. The summed E-state index contributed by atoms with van der Waals surface area (Å²) in [6, 6.07) is 7.03. The molecule has 0 aromatic heterocycles. The Balaban J connectivity index is 0.000000555. The van der Waals surface area contributed by atoms with Crippen LogP contribution in [0.2, 0.25) is 0 Å². The van der Waals surface area contributed by atoms with Gasteiger partial charge in [-0.05, 0) is 12.1 Å². The second-order valence-corrected chi connectivity index (χ2v) is 6.87. The van der Waals surface area contributed by atoms with Gasteiger partial charge in [0.15, 0.2) is 3.57 Å². The van der Waals surface area contributed by atoms with Crippen LogP contribution in [0, 0.1) is 3.57 Å². The Morgan fingerprint density at radius 3 is 1.63 bits per heavy atom. The molecule has 0 saturated carbocycles. The summed E-state index contributed by atoms with van der Waals surface area (Å²) in [7, 11) is -4.67. The molecule has 1 aromatic rings. The van der Waals surface area contributed by atoms with Gasteiger partial charge in [-0.15, -0.1) is 8.78 Å². The molecule has 0 spiro atoms. The molecule has 0 aliphatic rings. The van der Waals surface area contributed by atoms with Crippen molar-refractivity contribution in [2.45, 2.75) is 10.1 Å². The molecular weight excluding hydrogens is 414 g/mol. The summed E-state index contributed by atoms with van der Waals surface area (Å²) in [5.41, 5.74) is 0. The molecule has 19 heavy (non-hydrogen) atoms. The van der Waals surface area contributed by atoms with E-state index in [1.165, 1.54) is 24.3 Å². The van der Waals surface area contributed by atoms with Gasteiger partial charge in [0, 0.05) is 0 Å². The van der Waals surface area contributed by atoms with E-state index in [4.69, 9.17) is 17.5 Å². The van der Waals surface area contributed by atoms with Crippen LogP contribution in [0.1, 0.15) is 0 Å². The Bertz CT molecular complexity index is 480. The Hall–Kier alpha value is -0.530. The predicted octanol–water partition coefficient (Wildman–Crippen LogP) is -0.552. The van der Waals surface area contributed by atoms with Crippen LogP contribution in [0.15, 0.2) is 30.3 Å². The Labute approximate surface area is 115 Å². The maximum absolute atomic E-state index is 12.5. The van der Waals surface area contributed by atoms with Crippen molar-refractivity contribution in [1.82, 2.24) is 0 Å². The highest BCUT2D eigenvalue weighted by Crippen LogP contribution is 2.27. The Morgan fingerprint density at radius 1 is 0.947 bits per heavy atom. The molecule has 0 aliphatic heterocycles. The molecular formula is C8H7F5IO4S+. The van der Waals surface area contributed by atoms with Gasteiger partial charge in [0.1, 0.15) is 0 Å². The summed E-state index contributed by atoms with van der Waals surface area (Å²) < 4.78 is 87.6. The number of alkyl halides is 6. The van der Waals surface area contributed by atoms with E-state index < -0.39 is 41.7 Å². The van der Waals surface area contributed by atoms with Crippen molar-refractivity contribution in [3.05, 3.63) is 33.9 Å². The van der Waals surface area contributed by atoms with Crippen LogP contribution in [0.5, 0.6) is 0 Å². The van der Waals surface area contributed by atoms with E-state index in [0.29, 0.717) is 0 Å². The molecule has 0 unspecified atom stereocenters. The summed E-state index contributed by atoms with van der Waals surface area (Å²) >= 11 is -2.37. The number of benzene rings is 1. The van der Waals surface area contributed by atoms with Gasteiger partial charge < -0.3 is 0 Å². The second kappa shape index (κ2) is 6.76. The van der Waals surface area contributed by atoms with Gasteiger partial charge in [-0.3, -0.25) is 9.11 Å². The third kappa shape index (κ3) is 9.07. The topological polar surface area (TPSA) is 74.6 Å². The lowest BCUT2D eigenvalue weighted by Crippen LogP contribution is -3.68. The number of rotatable bonds is 2. The monoisotopic (exact) mass is 421 g/mol. The maximum Gasteiger partial charge on any atom is 0.543 e. The van der Waals surface area contributed by atoms with Crippen LogP contribution in [-0.4, -0.2) is 27.6 Å². The van der Waals surface area contributed by atoms with Crippen LogP contribution in [0.25, 0.3) is 0 Å². The van der Waals surface area contributed by atoms with Gasteiger partial charge in [0.2, 0.25) is 0 Å². The first-order valence-corrected chi connectivity index (χ1v) is 7.74. The minimum atomic E-state index is -5.43. The van der Waals surface area contributed by atoms with Crippen molar-refractivity contribution < 1.29 is 60.7 Å². The molecule has 1 aromatic carbocycles. The molecule has 0 aliphatic carbocycles. The fourth-order valence-electron chi connectivity index (χ4n) is 0.668. The first-order valence-electron chi connectivity index (χ1n) is 4.18. The standard InChI is InChI=1S/C8H5F5I.H2O4S/c9-7(10,11)8(12,13)14-6-4-2-1-3-5-6;1-5(2,3)4/h1-5H;(H2,1,2,3,4)/q+1;. The smallest absolute Gasteiger partial charge is 0.264 e. The van der Waals surface area contributed by atoms with Gasteiger partial charge in [-0.25, -0.2) is 0 Å². The summed E-state index contributed by atoms with van der Waals surface area (Å²) in [4.78, 5) is 0. The molecule has 2 N–H and O–H groups in total. The fraction of sp³-hybridized carbons (Fsp3) is 0.250. The second-order valence-electron chi connectivity index (χ2n) is 2.83. The molecule has 1 rings (SSSR count). The molecule has 0 saturated heterocycles. The third-order valence-electron chi connectivity index (χ3n) is 1.28. The number of halogens is 6. The zero-order chi connectivity index (χ0) is 15.3. The number of hydrogen-bond donors (Lipinski definition) is 2. The lowest BCUT2D eigenvalue weighted by atomic mass is 10.4. The molecule has 0 atom stereocenters. The predicted molar refractivity (Wildman–Crippen MR) is 50.3 cm³/mol. The van der Waals surface area contributed by atoms with E-state index in [1.54, 1.807) is 6.07 Å². The first kappa shape index (κ1) is 18.5. The molecule has 0 amide bonds. The average Bonchev–Trinajstić information content (AvgIpc) is 2.13. The van der Waals surface area contributed by atoms with Gasteiger partial charge >= 0.3 is 41.7 Å². The highest BCUT2D eigenvalue weighted by Gasteiger charge is 2.70. The van der Waals surface area contributed by atoms with Crippen molar-refractivity contribution >= 4 is 10.4 Å². The van der Waals surface area contributed by atoms with Crippen molar-refractivity contribution in [2.75, 3.05) is 0 Å². The van der Waals surface area contributed by atoms with Gasteiger partial charge in [0.25, 0.3) is 0 Å². The summed E-state index contributed by atoms with van der Waals surface area (Å²) in [6.07, 6.45) is -5.43. The first-order chi connectivity index (χ1) is 8.33. The van der Waals surface area contributed by atoms with E-state index >= 15 is 0 Å². The lowest BCUT2D eigenvalue weighted by molar-refractivity contribution is -0.791. The molecule has 0 bridgehead atoms. The SMILES string of the molecule is FC(F)(F)C(F)(F)[I+]c1ccccc1.O=S(=O)(O)O. The van der Waals surface area contributed by atoms with E-state index in [9.17, 15) is 22.0 Å². The quantitative estimate of drug-likeness (QED) is 0.291. The minimum Gasteiger partial charge on any atom is -0.264 e. The molecule has 4 nitrogen and oxygen atoms in total. The summed E-state index contributed by atoms with van der Waals surface area (Å²) in [5.74, 6) is 0. The van der Waals surface area contributed by atoms with Crippen molar-refractivity contribution in [3.8, 4) is 0 Å². The Morgan fingerprint density at radius 2 is 1.32 bits per heavy atom. The lowest BCUT2D eigenvalue weighted by Gasteiger charge is -2.07. The molecule has 0 fully saturated rings. The zero-order valence-corrected chi connectivity index (χ0v) is 11.7. The Kier molecular flexibility index (Phi) is 6.57. The highest BCUT2D eigenvalue weighted by molar-refractivity contribution is 7.79. The van der Waals surface area contributed by atoms with Gasteiger partial charge in [0.05, 0.1) is 0 Å². The van der Waals surface area contributed by atoms with Gasteiger partial charge in [-0.1, -0.05) is 18.2 Å². The fourth-order valence-corrected chi connectivity index (χ4v) is 2.53. The molecule has 110 valence electrons. The highest BCUT2D eigenvalue weighted by atomic mass is 127. The summed E-state index contributed by atoms with van der Waals surface area (Å²) in [5, 5.41) is 0. The van der Waals surface area contributed by atoms with Crippen molar-refractivity contribution in [2.24, 2.45) is 0 Å². The van der Waals surface area contributed by atoms with Crippen LogP contribution in [0.3, 0.4) is 0 Å². The van der Waals surface area contributed by atoms with E-state index in [-0.39, 0.29) is 3.57 Å². The van der Waals surface area contributed by atoms with Crippen LogP contribution in [-0.2, 0) is 10.4 Å². The molecule has 0 radical (unpaired) electrons. The van der Waals surface area contributed by atoms with Crippen molar-refractivity contribution in [3.63, 3.8) is 0 Å². The van der Waals surface area contributed by atoms with E-state index in [2.05, 4.69) is 0 Å². The molecule has 11 heteroatoms. The van der Waals surface area contributed by atoms with E-state index in [0.717, 1.165) is 0 Å². The normalized spacial score (nSPS) is 12.6. The van der Waals surface area contributed by atoms with Crippen molar-refractivity contribution in [1.29, 1.82) is 0 Å². The van der Waals surface area contributed by atoms with E-state index in [1.807, 2.05) is 0 Å². The average molecular weight is 421 g/mol.